The SMILES string of the molecule is CCN(CCCCC(C)(N)C#N)CC1CC1. The second-order valence-corrected chi connectivity index (χ2v) is 5.32. The first-order valence-electron chi connectivity index (χ1n) is 6.50. The lowest BCUT2D eigenvalue weighted by Crippen LogP contribution is -2.34. The number of unbranched alkanes of at least 4 members (excludes halogenated alkanes) is 1. The van der Waals surface area contributed by atoms with Crippen LogP contribution in [0.1, 0.15) is 46.0 Å². The molecular weight excluding hydrogens is 198 g/mol. The zero-order valence-electron chi connectivity index (χ0n) is 10.7. The lowest BCUT2D eigenvalue weighted by molar-refractivity contribution is 0.267. The van der Waals surface area contributed by atoms with E-state index in [2.05, 4.69) is 17.9 Å². The van der Waals surface area contributed by atoms with Crippen molar-refractivity contribution in [2.45, 2.75) is 51.5 Å². The fourth-order valence-electron chi connectivity index (χ4n) is 1.93. The maximum absolute atomic E-state index is 8.79. The molecule has 1 unspecified atom stereocenters. The smallest absolute Gasteiger partial charge is 0.101 e. The van der Waals surface area contributed by atoms with Crippen molar-refractivity contribution in [2.24, 2.45) is 11.7 Å². The molecule has 1 saturated carbocycles. The Morgan fingerprint density at radius 1 is 1.44 bits per heavy atom. The summed E-state index contributed by atoms with van der Waals surface area (Å²) in [6.45, 7) is 7.62. The van der Waals surface area contributed by atoms with Crippen molar-refractivity contribution in [1.29, 1.82) is 5.26 Å². The van der Waals surface area contributed by atoms with Crippen LogP contribution in [0.3, 0.4) is 0 Å². The summed E-state index contributed by atoms with van der Waals surface area (Å²) in [5.74, 6) is 0.971. The van der Waals surface area contributed by atoms with Crippen molar-refractivity contribution in [3.05, 3.63) is 0 Å². The molecule has 1 atom stereocenters. The van der Waals surface area contributed by atoms with Crippen LogP contribution < -0.4 is 5.73 Å². The Hall–Kier alpha value is -0.590. The largest absolute Gasteiger partial charge is 0.314 e. The molecule has 16 heavy (non-hydrogen) atoms. The molecule has 3 heteroatoms. The molecule has 2 N–H and O–H groups in total. The highest BCUT2D eigenvalue weighted by molar-refractivity contribution is 5.00. The fourth-order valence-corrected chi connectivity index (χ4v) is 1.93. The van der Waals surface area contributed by atoms with Gasteiger partial charge in [-0.25, -0.2) is 0 Å². The van der Waals surface area contributed by atoms with Gasteiger partial charge in [0.2, 0.25) is 0 Å². The highest BCUT2D eigenvalue weighted by Crippen LogP contribution is 2.29. The average molecular weight is 223 g/mol. The van der Waals surface area contributed by atoms with Gasteiger partial charge in [0.05, 0.1) is 6.07 Å². The van der Waals surface area contributed by atoms with Gasteiger partial charge in [-0.05, 0) is 58.0 Å². The zero-order chi connectivity index (χ0) is 12.0. The molecule has 0 aliphatic heterocycles. The molecule has 92 valence electrons. The van der Waals surface area contributed by atoms with Crippen molar-refractivity contribution in [3.63, 3.8) is 0 Å². The molecule has 0 radical (unpaired) electrons. The maximum atomic E-state index is 8.79. The number of nitrogens with zero attached hydrogens (tertiary/aromatic N) is 2. The number of nitrogens with two attached hydrogens (primary N) is 1. The summed E-state index contributed by atoms with van der Waals surface area (Å²) >= 11 is 0. The highest BCUT2D eigenvalue weighted by Gasteiger charge is 2.23. The third-order valence-electron chi connectivity index (χ3n) is 3.34. The number of nitriles is 1. The van der Waals surface area contributed by atoms with Crippen molar-refractivity contribution in [2.75, 3.05) is 19.6 Å². The first-order chi connectivity index (χ1) is 7.57. The van der Waals surface area contributed by atoms with E-state index in [0.717, 1.165) is 38.3 Å². The standard InChI is InChI=1S/C13H25N3/c1-3-16(10-12-6-7-12)9-5-4-8-13(2,15)11-14/h12H,3-10,15H2,1-2H3. The highest BCUT2D eigenvalue weighted by atomic mass is 15.1. The van der Waals surface area contributed by atoms with E-state index >= 15 is 0 Å². The summed E-state index contributed by atoms with van der Waals surface area (Å²) in [5.41, 5.74) is 5.15. The molecule has 0 heterocycles. The molecular formula is C13H25N3. The van der Waals surface area contributed by atoms with Crippen LogP contribution in [0.25, 0.3) is 0 Å². The van der Waals surface area contributed by atoms with Gasteiger partial charge in [-0.15, -0.1) is 0 Å². The lowest BCUT2D eigenvalue weighted by Gasteiger charge is -2.21. The summed E-state index contributed by atoms with van der Waals surface area (Å²) < 4.78 is 0. The molecule has 1 rings (SSSR count). The minimum Gasteiger partial charge on any atom is -0.314 e. The van der Waals surface area contributed by atoms with E-state index in [9.17, 15) is 0 Å². The second kappa shape index (κ2) is 6.22. The third kappa shape index (κ3) is 5.48. The van der Waals surface area contributed by atoms with Crippen LogP contribution in [-0.4, -0.2) is 30.1 Å². The van der Waals surface area contributed by atoms with Crippen LogP contribution in [0.4, 0.5) is 0 Å². The number of rotatable bonds is 8. The Kier molecular flexibility index (Phi) is 5.24. The molecule has 0 bridgehead atoms. The summed E-state index contributed by atoms with van der Waals surface area (Å²) in [5, 5.41) is 8.79. The van der Waals surface area contributed by atoms with Gasteiger partial charge >= 0.3 is 0 Å². The van der Waals surface area contributed by atoms with Gasteiger partial charge in [-0.2, -0.15) is 5.26 Å². The average Bonchev–Trinajstić information content (AvgIpc) is 3.06. The van der Waals surface area contributed by atoms with Gasteiger partial charge < -0.3 is 10.6 Å². The summed E-state index contributed by atoms with van der Waals surface area (Å²) in [4.78, 5) is 2.53. The Bertz CT molecular complexity index is 238. The molecule has 0 spiro atoms. The van der Waals surface area contributed by atoms with Gasteiger partial charge in [0.1, 0.15) is 5.54 Å². The first-order valence-corrected chi connectivity index (χ1v) is 6.50. The van der Waals surface area contributed by atoms with Crippen molar-refractivity contribution >= 4 is 0 Å². The van der Waals surface area contributed by atoms with Crippen molar-refractivity contribution in [1.82, 2.24) is 4.90 Å². The monoisotopic (exact) mass is 223 g/mol. The fraction of sp³-hybridized carbons (Fsp3) is 0.923. The predicted octanol–water partition coefficient (Wildman–Crippen LogP) is 2.13. The molecule has 0 amide bonds. The molecule has 0 aromatic heterocycles. The minimum absolute atomic E-state index is 0.631. The van der Waals surface area contributed by atoms with Crippen LogP contribution in [0.15, 0.2) is 0 Å². The Morgan fingerprint density at radius 2 is 2.12 bits per heavy atom. The van der Waals surface area contributed by atoms with Crippen LogP contribution in [-0.2, 0) is 0 Å². The number of hydrogen-bond donors (Lipinski definition) is 1. The summed E-state index contributed by atoms with van der Waals surface area (Å²) in [6, 6.07) is 2.15. The molecule has 1 fully saturated rings. The Morgan fingerprint density at radius 3 is 2.62 bits per heavy atom. The molecule has 0 aromatic carbocycles. The number of hydrogen-bond acceptors (Lipinski definition) is 3. The molecule has 1 aliphatic carbocycles. The van der Waals surface area contributed by atoms with E-state index in [4.69, 9.17) is 11.0 Å². The lowest BCUT2D eigenvalue weighted by atomic mass is 9.98. The second-order valence-electron chi connectivity index (χ2n) is 5.32. The van der Waals surface area contributed by atoms with E-state index in [-0.39, 0.29) is 0 Å². The quantitative estimate of drug-likeness (QED) is 0.641. The van der Waals surface area contributed by atoms with E-state index in [1.165, 1.54) is 19.4 Å². The van der Waals surface area contributed by atoms with E-state index in [1.54, 1.807) is 0 Å². The predicted molar refractivity (Wildman–Crippen MR) is 66.9 cm³/mol. The Labute approximate surface area is 99.6 Å². The first kappa shape index (κ1) is 13.5. The van der Waals surface area contributed by atoms with Crippen molar-refractivity contribution < 1.29 is 0 Å². The zero-order valence-corrected chi connectivity index (χ0v) is 10.7. The van der Waals surface area contributed by atoms with Gasteiger partial charge in [0, 0.05) is 6.54 Å². The van der Waals surface area contributed by atoms with Crippen LogP contribution in [0.5, 0.6) is 0 Å². The molecule has 0 saturated heterocycles. The van der Waals surface area contributed by atoms with Gasteiger partial charge in [0.15, 0.2) is 0 Å². The van der Waals surface area contributed by atoms with Gasteiger partial charge in [0.25, 0.3) is 0 Å². The Balaban J connectivity index is 2.06. The van der Waals surface area contributed by atoms with Gasteiger partial charge in [-0.1, -0.05) is 6.92 Å². The minimum atomic E-state index is -0.631. The van der Waals surface area contributed by atoms with E-state index in [0.29, 0.717) is 0 Å². The molecule has 1 aliphatic rings. The molecule has 3 nitrogen and oxygen atoms in total. The topological polar surface area (TPSA) is 53.0 Å². The van der Waals surface area contributed by atoms with Crippen LogP contribution in [0.2, 0.25) is 0 Å². The third-order valence-corrected chi connectivity index (χ3v) is 3.34. The summed E-state index contributed by atoms with van der Waals surface area (Å²) in [6.07, 6.45) is 5.87. The maximum Gasteiger partial charge on any atom is 0.101 e. The van der Waals surface area contributed by atoms with E-state index < -0.39 is 5.54 Å². The van der Waals surface area contributed by atoms with Crippen LogP contribution in [0, 0.1) is 17.2 Å². The van der Waals surface area contributed by atoms with Crippen molar-refractivity contribution in [3.8, 4) is 6.07 Å². The van der Waals surface area contributed by atoms with Gasteiger partial charge in [-0.3, -0.25) is 0 Å². The summed E-state index contributed by atoms with van der Waals surface area (Å²) in [7, 11) is 0. The normalized spacial score (nSPS) is 19.4. The van der Waals surface area contributed by atoms with Crippen LogP contribution >= 0.6 is 0 Å². The van der Waals surface area contributed by atoms with E-state index in [1.807, 2.05) is 6.92 Å². The molecule has 0 aromatic rings.